The number of ether oxygens (including phenoxy) is 1. The first-order valence-electron chi connectivity index (χ1n) is 11.2. The van der Waals surface area contributed by atoms with Crippen molar-refractivity contribution < 1.29 is 9.53 Å². The van der Waals surface area contributed by atoms with E-state index in [-0.39, 0.29) is 23.3 Å². The van der Waals surface area contributed by atoms with Crippen LogP contribution in [0.2, 0.25) is 0 Å². The van der Waals surface area contributed by atoms with Gasteiger partial charge in [0, 0.05) is 24.0 Å². The molecule has 1 aliphatic rings. The largest absolute Gasteiger partial charge is 0.375 e. The number of thioether (sulfide) groups is 1. The molecule has 8 heteroatoms. The lowest BCUT2D eigenvalue weighted by atomic mass is 10.1. The molecule has 2 aromatic heterocycles. The summed E-state index contributed by atoms with van der Waals surface area (Å²) in [7, 11) is 0. The predicted molar refractivity (Wildman–Crippen MR) is 138 cm³/mol. The second-order valence-corrected chi connectivity index (χ2v) is 10.1. The maximum atomic E-state index is 13.8. The fourth-order valence-corrected chi connectivity index (χ4v) is 6.00. The van der Waals surface area contributed by atoms with Crippen LogP contribution in [0.5, 0.6) is 0 Å². The van der Waals surface area contributed by atoms with Crippen LogP contribution in [-0.2, 0) is 16.1 Å². The summed E-state index contributed by atoms with van der Waals surface area (Å²) in [5.74, 6) is 0.271. The molecule has 1 unspecified atom stereocenters. The number of benzene rings is 2. The molecule has 1 aliphatic heterocycles. The number of hydrogen-bond acceptors (Lipinski definition) is 6. The summed E-state index contributed by atoms with van der Waals surface area (Å²) in [6, 6.07) is 19.8. The van der Waals surface area contributed by atoms with Crippen molar-refractivity contribution in [2.45, 2.75) is 24.7 Å². The highest BCUT2D eigenvalue weighted by Crippen LogP contribution is 2.32. The second-order valence-electron chi connectivity index (χ2n) is 8.28. The molecule has 1 amide bonds. The molecule has 2 aromatic carbocycles. The van der Waals surface area contributed by atoms with Crippen LogP contribution in [0.3, 0.4) is 0 Å². The number of nitrogens with zero attached hydrogens (tertiary/aromatic N) is 3. The van der Waals surface area contributed by atoms with E-state index in [4.69, 9.17) is 9.72 Å². The van der Waals surface area contributed by atoms with E-state index in [1.807, 2.05) is 77.9 Å². The highest BCUT2D eigenvalue weighted by molar-refractivity contribution is 7.99. The van der Waals surface area contributed by atoms with Crippen LogP contribution in [-0.4, -0.2) is 51.9 Å². The number of carbonyl (C=O) groups is 1. The van der Waals surface area contributed by atoms with Crippen molar-refractivity contribution in [3.8, 4) is 11.1 Å². The van der Waals surface area contributed by atoms with Crippen LogP contribution < -0.4 is 5.56 Å². The number of rotatable bonds is 6. The Kier molecular flexibility index (Phi) is 6.80. The van der Waals surface area contributed by atoms with Gasteiger partial charge in [-0.2, -0.15) is 0 Å². The Bertz CT molecular complexity index is 1350. The van der Waals surface area contributed by atoms with Crippen LogP contribution in [0.15, 0.2) is 76.0 Å². The molecule has 1 atom stereocenters. The van der Waals surface area contributed by atoms with E-state index in [0.29, 0.717) is 41.6 Å². The first kappa shape index (κ1) is 22.8. The summed E-state index contributed by atoms with van der Waals surface area (Å²) >= 11 is 2.79. The molecule has 174 valence electrons. The zero-order valence-corrected chi connectivity index (χ0v) is 20.5. The van der Waals surface area contributed by atoms with E-state index >= 15 is 0 Å². The smallest absolute Gasteiger partial charge is 0.263 e. The molecule has 3 heterocycles. The monoisotopic (exact) mass is 491 g/mol. The van der Waals surface area contributed by atoms with Gasteiger partial charge in [-0.15, -0.1) is 11.3 Å². The Labute approximate surface area is 206 Å². The van der Waals surface area contributed by atoms with Gasteiger partial charge in [0.2, 0.25) is 5.91 Å². The van der Waals surface area contributed by atoms with E-state index in [1.54, 1.807) is 4.57 Å². The fraction of sp³-hybridized carbons (Fsp3) is 0.269. The Hall–Kier alpha value is -2.94. The van der Waals surface area contributed by atoms with E-state index in [9.17, 15) is 9.59 Å². The average Bonchev–Trinajstić information content (AvgIpc) is 3.30. The average molecular weight is 492 g/mol. The molecular formula is C26H25N3O3S2. The molecule has 0 N–H and O–H groups in total. The molecule has 0 spiro atoms. The molecule has 5 rings (SSSR count). The molecule has 1 saturated heterocycles. The van der Waals surface area contributed by atoms with Crippen molar-refractivity contribution in [2.75, 3.05) is 25.4 Å². The Morgan fingerprint density at radius 2 is 1.88 bits per heavy atom. The minimum absolute atomic E-state index is 0.0379. The van der Waals surface area contributed by atoms with Gasteiger partial charge in [-0.05, 0) is 18.1 Å². The van der Waals surface area contributed by atoms with Gasteiger partial charge in [0.05, 0.1) is 30.4 Å². The van der Waals surface area contributed by atoms with E-state index in [0.717, 1.165) is 16.7 Å². The summed E-state index contributed by atoms with van der Waals surface area (Å²) in [4.78, 5) is 34.1. The van der Waals surface area contributed by atoms with E-state index in [2.05, 4.69) is 0 Å². The van der Waals surface area contributed by atoms with Gasteiger partial charge in [0.25, 0.3) is 5.56 Å². The topological polar surface area (TPSA) is 64.4 Å². The standard InChI is InChI=1S/C26H25N3O3S2/c1-18-14-28(12-13-32-18)22(30)17-34-26-27-24-23(21(16-33-24)20-10-6-3-7-11-20)25(31)29(26)15-19-8-4-2-5-9-19/h2-11,16,18H,12-15,17H2,1H3. The number of fused-ring (bicyclic) bond motifs is 1. The molecule has 0 saturated carbocycles. The molecule has 0 aliphatic carbocycles. The minimum Gasteiger partial charge on any atom is -0.375 e. The van der Waals surface area contributed by atoms with E-state index in [1.165, 1.54) is 23.1 Å². The molecule has 0 radical (unpaired) electrons. The van der Waals surface area contributed by atoms with Gasteiger partial charge in [-0.25, -0.2) is 4.98 Å². The zero-order chi connectivity index (χ0) is 23.5. The fourth-order valence-electron chi connectivity index (χ4n) is 4.11. The molecule has 1 fully saturated rings. The van der Waals surface area contributed by atoms with Crippen LogP contribution in [0.1, 0.15) is 12.5 Å². The maximum Gasteiger partial charge on any atom is 0.263 e. The van der Waals surface area contributed by atoms with Gasteiger partial charge in [-0.3, -0.25) is 14.2 Å². The number of amides is 1. The van der Waals surface area contributed by atoms with Crippen LogP contribution in [0.25, 0.3) is 21.3 Å². The van der Waals surface area contributed by atoms with Crippen LogP contribution in [0, 0.1) is 0 Å². The third-order valence-electron chi connectivity index (χ3n) is 5.85. The summed E-state index contributed by atoms with van der Waals surface area (Å²) < 4.78 is 7.26. The lowest BCUT2D eigenvalue weighted by molar-refractivity contribution is -0.135. The lowest BCUT2D eigenvalue weighted by Crippen LogP contribution is -2.45. The van der Waals surface area contributed by atoms with Gasteiger partial charge >= 0.3 is 0 Å². The first-order valence-corrected chi connectivity index (χ1v) is 13.1. The van der Waals surface area contributed by atoms with Crippen molar-refractivity contribution in [2.24, 2.45) is 0 Å². The van der Waals surface area contributed by atoms with Crippen molar-refractivity contribution in [3.63, 3.8) is 0 Å². The first-order chi connectivity index (χ1) is 16.6. The third kappa shape index (κ3) is 4.80. The predicted octanol–water partition coefficient (Wildman–Crippen LogP) is 4.51. The lowest BCUT2D eigenvalue weighted by Gasteiger charge is -2.31. The Morgan fingerprint density at radius 3 is 2.62 bits per heavy atom. The third-order valence-corrected chi connectivity index (χ3v) is 7.68. The summed E-state index contributed by atoms with van der Waals surface area (Å²) in [6.45, 7) is 4.11. The molecule has 34 heavy (non-hydrogen) atoms. The van der Waals surface area contributed by atoms with Crippen molar-refractivity contribution in [3.05, 3.63) is 82.0 Å². The Morgan fingerprint density at radius 1 is 1.15 bits per heavy atom. The van der Waals surface area contributed by atoms with Gasteiger partial charge in [0.1, 0.15) is 4.83 Å². The van der Waals surface area contributed by atoms with Gasteiger partial charge < -0.3 is 9.64 Å². The quantitative estimate of drug-likeness (QED) is 0.293. The molecule has 0 bridgehead atoms. The highest BCUT2D eigenvalue weighted by Gasteiger charge is 2.23. The van der Waals surface area contributed by atoms with Gasteiger partial charge in [-0.1, -0.05) is 72.4 Å². The number of carbonyl (C=O) groups excluding carboxylic acids is 1. The minimum atomic E-state index is -0.0797. The van der Waals surface area contributed by atoms with Crippen LogP contribution in [0.4, 0.5) is 0 Å². The second kappa shape index (κ2) is 10.1. The number of morpholine rings is 1. The molecule has 4 aromatic rings. The number of hydrogen-bond donors (Lipinski definition) is 0. The van der Waals surface area contributed by atoms with Crippen molar-refractivity contribution >= 4 is 39.2 Å². The van der Waals surface area contributed by atoms with Gasteiger partial charge in [0.15, 0.2) is 5.16 Å². The van der Waals surface area contributed by atoms with E-state index < -0.39 is 0 Å². The van der Waals surface area contributed by atoms with Crippen molar-refractivity contribution in [1.29, 1.82) is 0 Å². The number of thiophene rings is 1. The summed E-state index contributed by atoms with van der Waals surface area (Å²) in [5, 5.41) is 3.19. The van der Waals surface area contributed by atoms with Crippen LogP contribution >= 0.6 is 23.1 Å². The normalized spacial score (nSPS) is 16.1. The number of aromatic nitrogens is 2. The summed E-state index contributed by atoms with van der Waals surface area (Å²) in [6.07, 6.45) is 0.0379. The Balaban J connectivity index is 1.51. The zero-order valence-electron chi connectivity index (χ0n) is 18.8. The molecular weight excluding hydrogens is 466 g/mol. The summed E-state index contributed by atoms with van der Waals surface area (Å²) in [5.41, 5.74) is 2.83. The highest BCUT2D eigenvalue weighted by atomic mass is 32.2. The van der Waals surface area contributed by atoms with Crippen molar-refractivity contribution in [1.82, 2.24) is 14.5 Å². The maximum absolute atomic E-state index is 13.8. The SMILES string of the molecule is CC1CN(C(=O)CSc2nc3scc(-c4ccccc4)c3c(=O)n2Cc2ccccc2)CCO1. The molecule has 6 nitrogen and oxygen atoms in total.